The summed E-state index contributed by atoms with van der Waals surface area (Å²) in [5, 5.41) is 3.38. The van der Waals surface area contributed by atoms with Crippen molar-refractivity contribution in [1.29, 1.82) is 0 Å². The zero-order chi connectivity index (χ0) is 15.2. The average Bonchev–Trinajstić information content (AvgIpc) is 2.44. The van der Waals surface area contributed by atoms with Crippen molar-refractivity contribution < 1.29 is 0 Å². The first-order valence-electron chi connectivity index (χ1n) is 7.82. The van der Waals surface area contributed by atoms with Crippen LogP contribution in [0.15, 0.2) is 12.1 Å². The van der Waals surface area contributed by atoms with E-state index in [4.69, 9.17) is 18.0 Å². The fourth-order valence-corrected chi connectivity index (χ4v) is 3.01. The Kier molecular flexibility index (Phi) is 5.94. The van der Waals surface area contributed by atoms with Gasteiger partial charge >= 0.3 is 0 Å². The normalized spacial score (nSPS) is 19.4. The Morgan fingerprint density at radius 1 is 1.48 bits per heavy atom. The standard InChI is InChI=1S/C16H26N4S/c1-12-10-14(16(17)21)11-15(19-12)18-7-5-9-20-8-4-3-6-13(20)2/h10-11,13H,3-9H2,1-2H3,(H2,17,21)(H,18,19). The largest absolute Gasteiger partial charge is 0.389 e. The third-order valence-corrected chi connectivity index (χ3v) is 4.34. The fraction of sp³-hybridized carbons (Fsp3) is 0.625. The second-order valence-electron chi connectivity index (χ2n) is 5.91. The summed E-state index contributed by atoms with van der Waals surface area (Å²) < 4.78 is 0. The van der Waals surface area contributed by atoms with E-state index in [1.54, 1.807) is 0 Å². The summed E-state index contributed by atoms with van der Waals surface area (Å²) in [6.07, 6.45) is 5.19. The van der Waals surface area contributed by atoms with E-state index in [9.17, 15) is 0 Å². The molecule has 116 valence electrons. The van der Waals surface area contributed by atoms with Gasteiger partial charge in [-0.3, -0.25) is 0 Å². The van der Waals surface area contributed by atoms with E-state index in [0.29, 0.717) is 4.99 Å². The van der Waals surface area contributed by atoms with Crippen LogP contribution in [0.25, 0.3) is 0 Å². The first-order valence-corrected chi connectivity index (χ1v) is 8.23. The molecule has 2 heterocycles. The molecule has 0 aliphatic carbocycles. The van der Waals surface area contributed by atoms with Gasteiger partial charge in [-0.05, 0) is 51.8 Å². The number of piperidine rings is 1. The molecule has 3 N–H and O–H groups in total. The van der Waals surface area contributed by atoms with Crippen molar-refractivity contribution in [3.63, 3.8) is 0 Å². The van der Waals surface area contributed by atoms with Gasteiger partial charge in [0.15, 0.2) is 0 Å². The highest BCUT2D eigenvalue weighted by molar-refractivity contribution is 7.80. The van der Waals surface area contributed by atoms with Crippen LogP contribution >= 0.6 is 12.2 Å². The summed E-state index contributed by atoms with van der Waals surface area (Å²) in [5.41, 5.74) is 7.51. The summed E-state index contributed by atoms with van der Waals surface area (Å²) in [6.45, 7) is 7.62. The van der Waals surface area contributed by atoms with Crippen LogP contribution in [-0.2, 0) is 0 Å². The number of hydrogen-bond acceptors (Lipinski definition) is 4. The quantitative estimate of drug-likeness (QED) is 0.625. The van der Waals surface area contributed by atoms with E-state index in [-0.39, 0.29) is 0 Å². The van der Waals surface area contributed by atoms with Gasteiger partial charge in [0.05, 0.1) is 0 Å². The summed E-state index contributed by atoms with van der Waals surface area (Å²) >= 11 is 5.03. The van der Waals surface area contributed by atoms with E-state index in [2.05, 4.69) is 22.1 Å². The molecule has 4 nitrogen and oxygen atoms in total. The zero-order valence-electron chi connectivity index (χ0n) is 13.1. The first kappa shape index (κ1) is 16.2. The predicted octanol–water partition coefficient (Wildman–Crippen LogP) is 2.70. The molecule has 1 aromatic rings. The van der Waals surface area contributed by atoms with Crippen LogP contribution < -0.4 is 11.1 Å². The van der Waals surface area contributed by atoms with Crippen LogP contribution in [0.5, 0.6) is 0 Å². The van der Waals surface area contributed by atoms with Gasteiger partial charge in [0, 0.05) is 30.4 Å². The van der Waals surface area contributed by atoms with Crippen molar-refractivity contribution >= 4 is 23.0 Å². The number of likely N-dealkylation sites (tertiary alicyclic amines) is 1. The zero-order valence-corrected chi connectivity index (χ0v) is 13.9. The number of aromatic nitrogens is 1. The number of anilines is 1. The third kappa shape index (κ3) is 4.93. The molecule has 0 aromatic carbocycles. The van der Waals surface area contributed by atoms with Crippen LogP contribution in [-0.4, -0.2) is 40.5 Å². The lowest BCUT2D eigenvalue weighted by Gasteiger charge is -2.33. The van der Waals surface area contributed by atoms with Crippen molar-refractivity contribution in [1.82, 2.24) is 9.88 Å². The Labute approximate surface area is 133 Å². The summed E-state index contributed by atoms with van der Waals surface area (Å²) in [6, 6.07) is 4.58. The molecule has 0 saturated carbocycles. The minimum absolute atomic E-state index is 0.422. The van der Waals surface area contributed by atoms with Crippen LogP contribution in [0.4, 0.5) is 5.82 Å². The Hall–Kier alpha value is -1.20. The Morgan fingerprint density at radius 3 is 3.00 bits per heavy atom. The van der Waals surface area contributed by atoms with Crippen molar-refractivity contribution in [2.45, 2.75) is 45.6 Å². The van der Waals surface area contributed by atoms with Gasteiger partial charge in [0.1, 0.15) is 10.8 Å². The van der Waals surface area contributed by atoms with Crippen LogP contribution in [0.3, 0.4) is 0 Å². The lowest BCUT2D eigenvalue weighted by atomic mass is 10.0. The minimum Gasteiger partial charge on any atom is -0.389 e. The SMILES string of the molecule is Cc1cc(C(N)=S)cc(NCCCN2CCCCC2C)n1. The topological polar surface area (TPSA) is 54.2 Å². The fourth-order valence-electron chi connectivity index (χ4n) is 2.89. The van der Waals surface area contributed by atoms with Crippen molar-refractivity contribution in [3.05, 3.63) is 23.4 Å². The van der Waals surface area contributed by atoms with Gasteiger partial charge in [-0.15, -0.1) is 0 Å². The Balaban J connectivity index is 1.79. The molecule has 1 aliphatic heterocycles. The number of hydrogen-bond donors (Lipinski definition) is 2. The second-order valence-corrected chi connectivity index (χ2v) is 6.35. The van der Waals surface area contributed by atoms with Gasteiger partial charge in [-0.25, -0.2) is 4.98 Å². The molecule has 1 aliphatic rings. The molecular weight excluding hydrogens is 280 g/mol. The summed E-state index contributed by atoms with van der Waals surface area (Å²) in [7, 11) is 0. The third-order valence-electron chi connectivity index (χ3n) is 4.11. The summed E-state index contributed by atoms with van der Waals surface area (Å²) in [4.78, 5) is 7.49. The predicted molar refractivity (Wildman–Crippen MR) is 92.9 cm³/mol. The lowest BCUT2D eigenvalue weighted by Crippen LogP contribution is -2.38. The lowest BCUT2D eigenvalue weighted by molar-refractivity contribution is 0.160. The smallest absolute Gasteiger partial charge is 0.126 e. The Morgan fingerprint density at radius 2 is 2.29 bits per heavy atom. The van der Waals surface area contributed by atoms with E-state index >= 15 is 0 Å². The van der Waals surface area contributed by atoms with Gasteiger partial charge < -0.3 is 16.0 Å². The first-order chi connectivity index (χ1) is 10.1. The van der Waals surface area contributed by atoms with E-state index in [0.717, 1.165) is 42.6 Å². The molecule has 1 unspecified atom stereocenters. The number of nitrogens with one attached hydrogen (secondary N) is 1. The highest BCUT2D eigenvalue weighted by Crippen LogP contribution is 2.16. The molecular formula is C16H26N4S. The van der Waals surface area contributed by atoms with Gasteiger partial charge in [0.2, 0.25) is 0 Å². The Bertz CT molecular complexity index is 489. The highest BCUT2D eigenvalue weighted by Gasteiger charge is 2.17. The highest BCUT2D eigenvalue weighted by atomic mass is 32.1. The maximum Gasteiger partial charge on any atom is 0.126 e. The van der Waals surface area contributed by atoms with Gasteiger partial charge in [-0.2, -0.15) is 0 Å². The van der Waals surface area contributed by atoms with Crippen molar-refractivity contribution in [2.75, 3.05) is 25.0 Å². The maximum absolute atomic E-state index is 5.69. The molecule has 0 amide bonds. The summed E-state index contributed by atoms with van der Waals surface area (Å²) in [5.74, 6) is 0.865. The van der Waals surface area contributed by atoms with E-state index in [1.807, 2.05) is 19.1 Å². The molecule has 1 fully saturated rings. The average molecular weight is 306 g/mol. The molecule has 1 atom stereocenters. The number of aryl methyl sites for hydroxylation is 1. The van der Waals surface area contributed by atoms with Crippen LogP contribution in [0, 0.1) is 6.92 Å². The maximum atomic E-state index is 5.69. The van der Waals surface area contributed by atoms with Crippen molar-refractivity contribution in [2.24, 2.45) is 5.73 Å². The number of nitrogens with two attached hydrogens (primary N) is 1. The molecule has 5 heteroatoms. The molecule has 2 rings (SSSR count). The van der Waals surface area contributed by atoms with Crippen LogP contribution in [0.1, 0.15) is 43.9 Å². The monoisotopic (exact) mass is 306 g/mol. The molecule has 21 heavy (non-hydrogen) atoms. The molecule has 0 spiro atoms. The second kappa shape index (κ2) is 7.71. The van der Waals surface area contributed by atoms with Gasteiger partial charge in [0.25, 0.3) is 0 Å². The number of thiocarbonyl (C=S) groups is 1. The molecule has 1 aromatic heterocycles. The number of nitrogens with zero attached hydrogens (tertiary/aromatic N) is 2. The molecule has 0 radical (unpaired) electrons. The van der Waals surface area contributed by atoms with E-state index < -0.39 is 0 Å². The number of pyridine rings is 1. The minimum atomic E-state index is 0.422. The van der Waals surface area contributed by atoms with Gasteiger partial charge in [-0.1, -0.05) is 18.6 Å². The number of rotatable bonds is 6. The van der Waals surface area contributed by atoms with Crippen molar-refractivity contribution in [3.8, 4) is 0 Å². The molecule has 1 saturated heterocycles. The molecule has 0 bridgehead atoms. The van der Waals surface area contributed by atoms with Crippen LogP contribution in [0.2, 0.25) is 0 Å². The van der Waals surface area contributed by atoms with E-state index in [1.165, 1.54) is 25.8 Å².